The molecular formula is C18H14N2O4S. The van der Waals surface area contributed by atoms with E-state index in [2.05, 4.69) is 10.3 Å². The van der Waals surface area contributed by atoms with E-state index in [1.165, 1.54) is 17.4 Å². The third-order valence-corrected chi connectivity index (χ3v) is 4.27. The number of carbonyl (C=O) groups excluding carboxylic acids is 1. The monoisotopic (exact) mass is 354 g/mol. The third-order valence-electron chi connectivity index (χ3n) is 3.51. The van der Waals surface area contributed by atoms with E-state index in [9.17, 15) is 4.79 Å². The van der Waals surface area contributed by atoms with E-state index >= 15 is 0 Å². The largest absolute Gasteiger partial charge is 0.486 e. The average Bonchev–Trinajstić information content (AvgIpc) is 3.31. The highest BCUT2D eigenvalue weighted by Crippen LogP contribution is 2.35. The van der Waals surface area contributed by atoms with Gasteiger partial charge in [-0.3, -0.25) is 10.1 Å². The van der Waals surface area contributed by atoms with E-state index < -0.39 is 0 Å². The Bertz CT molecular complexity index is 915. The Morgan fingerprint density at radius 2 is 2.08 bits per heavy atom. The lowest BCUT2D eigenvalue weighted by atomic mass is 10.1. The first-order valence-electron chi connectivity index (χ1n) is 7.66. The van der Waals surface area contributed by atoms with Crippen LogP contribution in [0, 0.1) is 0 Å². The number of nitrogens with zero attached hydrogens (tertiary/aromatic N) is 1. The van der Waals surface area contributed by atoms with Crippen LogP contribution in [0.25, 0.3) is 17.3 Å². The topological polar surface area (TPSA) is 73.6 Å². The molecule has 0 atom stereocenters. The van der Waals surface area contributed by atoms with E-state index in [4.69, 9.17) is 13.9 Å². The number of hydrogen-bond acceptors (Lipinski definition) is 6. The maximum absolute atomic E-state index is 11.9. The highest BCUT2D eigenvalue weighted by atomic mass is 32.1. The molecule has 0 unspecified atom stereocenters. The molecule has 1 aliphatic heterocycles. The minimum absolute atomic E-state index is 0.264. The normalized spacial score (nSPS) is 13.1. The van der Waals surface area contributed by atoms with Crippen LogP contribution in [-0.4, -0.2) is 24.1 Å². The summed E-state index contributed by atoms with van der Waals surface area (Å²) < 4.78 is 16.2. The molecule has 3 heterocycles. The Labute approximate surface area is 147 Å². The summed E-state index contributed by atoms with van der Waals surface area (Å²) in [6.45, 7) is 1.10. The molecule has 1 aliphatic rings. The van der Waals surface area contributed by atoms with Crippen molar-refractivity contribution in [2.45, 2.75) is 0 Å². The van der Waals surface area contributed by atoms with Gasteiger partial charge in [0, 0.05) is 17.0 Å². The first-order valence-corrected chi connectivity index (χ1v) is 8.54. The van der Waals surface area contributed by atoms with E-state index in [1.54, 1.807) is 24.5 Å². The summed E-state index contributed by atoms with van der Waals surface area (Å²) >= 11 is 1.36. The fraction of sp³-hybridized carbons (Fsp3) is 0.111. The van der Waals surface area contributed by atoms with Crippen LogP contribution in [0.5, 0.6) is 11.5 Å². The van der Waals surface area contributed by atoms with Crippen molar-refractivity contribution in [2.24, 2.45) is 0 Å². The summed E-state index contributed by atoms with van der Waals surface area (Å²) in [7, 11) is 0. The number of amides is 1. The molecule has 126 valence electrons. The van der Waals surface area contributed by atoms with Crippen LogP contribution >= 0.6 is 11.3 Å². The molecule has 2 aromatic heterocycles. The number of ether oxygens (including phenoxy) is 2. The first kappa shape index (κ1) is 15.5. The zero-order valence-corrected chi connectivity index (χ0v) is 13.9. The zero-order valence-electron chi connectivity index (χ0n) is 13.1. The van der Waals surface area contributed by atoms with E-state index in [-0.39, 0.29) is 5.91 Å². The number of benzene rings is 1. The van der Waals surface area contributed by atoms with Crippen molar-refractivity contribution in [3.63, 3.8) is 0 Å². The molecule has 3 aromatic rings. The summed E-state index contributed by atoms with van der Waals surface area (Å²) in [5.41, 5.74) is 1.68. The van der Waals surface area contributed by atoms with Gasteiger partial charge >= 0.3 is 0 Å². The van der Waals surface area contributed by atoms with Gasteiger partial charge in [0.1, 0.15) is 19.0 Å². The number of nitrogens with one attached hydrogen (secondary N) is 1. The molecular weight excluding hydrogens is 340 g/mol. The van der Waals surface area contributed by atoms with E-state index in [0.29, 0.717) is 29.9 Å². The standard InChI is InChI=1S/C18H14N2O4S/c21-17(6-4-13-2-1-7-22-13)20-18-19-14(11-25-18)12-3-5-15-16(10-12)24-9-8-23-15/h1-7,10-11H,8-9H2,(H,19,20,21)/b6-4+. The maximum Gasteiger partial charge on any atom is 0.250 e. The third kappa shape index (κ3) is 3.56. The van der Waals surface area contributed by atoms with Crippen LogP contribution in [0.4, 0.5) is 5.13 Å². The van der Waals surface area contributed by atoms with Crippen molar-refractivity contribution in [3.05, 3.63) is 53.8 Å². The van der Waals surface area contributed by atoms with Gasteiger partial charge in [-0.05, 0) is 36.4 Å². The maximum atomic E-state index is 11.9. The van der Waals surface area contributed by atoms with Crippen LogP contribution in [0.3, 0.4) is 0 Å². The van der Waals surface area contributed by atoms with Gasteiger partial charge in [0.05, 0.1) is 12.0 Å². The molecule has 1 N–H and O–H groups in total. The van der Waals surface area contributed by atoms with Crippen molar-refractivity contribution >= 4 is 28.5 Å². The molecule has 25 heavy (non-hydrogen) atoms. The van der Waals surface area contributed by atoms with Gasteiger partial charge in [0.2, 0.25) is 5.91 Å². The predicted molar refractivity (Wildman–Crippen MR) is 94.9 cm³/mol. The average molecular weight is 354 g/mol. The van der Waals surface area contributed by atoms with Gasteiger partial charge in [-0.1, -0.05) is 0 Å². The van der Waals surface area contributed by atoms with Gasteiger partial charge in [0.15, 0.2) is 16.6 Å². The van der Waals surface area contributed by atoms with Crippen molar-refractivity contribution in [2.75, 3.05) is 18.5 Å². The molecule has 0 fully saturated rings. The molecule has 0 spiro atoms. The molecule has 1 amide bonds. The van der Waals surface area contributed by atoms with Crippen LogP contribution in [0.2, 0.25) is 0 Å². The van der Waals surface area contributed by atoms with Gasteiger partial charge in [-0.25, -0.2) is 4.98 Å². The fourth-order valence-corrected chi connectivity index (χ4v) is 3.08. The fourth-order valence-electron chi connectivity index (χ4n) is 2.36. The molecule has 1 aromatic carbocycles. The molecule has 0 bridgehead atoms. The van der Waals surface area contributed by atoms with Crippen LogP contribution in [-0.2, 0) is 4.79 Å². The highest BCUT2D eigenvalue weighted by Gasteiger charge is 2.14. The lowest BCUT2D eigenvalue weighted by Crippen LogP contribution is -2.15. The summed E-state index contributed by atoms with van der Waals surface area (Å²) in [5, 5.41) is 5.15. The molecule has 0 saturated heterocycles. The zero-order chi connectivity index (χ0) is 17.1. The number of hydrogen-bond donors (Lipinski definition) is 1. The lowest BCUT2D eigenvalue weighted by Gasteiger charge is -2.18. The number of thiazole rings is 1. The number of rotatable bonds is 4. The lowest BCUT2D eigenvalue weighted by molar-refractivity contribution is -0.111. The number of furan rings is 1. The summed E-state index contributed by atoms with van der Waals surface area (Å²) in [5.74, 6) is 1.80. The number of anilines is 1. The van der Waals surface area contributed by atoms with E-state index in [0.717, 1.165) is 17.0 Å². The van der Waals surface area contributed by atoms with E-state index in [1.807, 2.05) is 23.6 Å². The van der Waals surface area contributed by atoms with Gasteiger partial charge < -0.3 is 13.9 Å². The molecule has 0 saturated carbocycles. The highest BCUT2D eigenvalue weighted by molar-refractivity contribution is 7.14. The SMILES string of the molecule is O=C(/C=C/c1ccco1)Nc1nc(-c2ccc3c(c2)OCCO3)cs1. The van der Waals surface area contributed by atoms with Crippen molar-refractivity contribution in [3.8, 4) is 22.8 Å². The van der Waals surface area contributed by atoms with Crippen LogP contribution in [0.1, 0.15) is 5.76 Å². The minimum Gasteiger partial charge on any atom is -0.486 e. The Balaban J connectivity index is 1.46. The number of carbonyl (C=O) groups is 1. The summed E-state index contributed by atoms with van der Waals surface area (Å²) in [4.78, 5) is 16.4. The van der Waals surface area contributed by atoms with Crippen molar-refractivity contribution in [1.29, 1.82) is 0 Å². The summed E-state index contributed by atoms with van der Waals surface area (Å²) in [6, 6.07) is 9.22. The molecule has 4 rings (SSSR count). The second-order valence-electron chi connectivity index (χ2n) is 5.23. The number of fused-ring (bicyclic) bond motifs is 1. The molecule has 0 aliphatic carbocycles. The van der Waals surface area contributed by atoms with Crippen LogP contribution < -0.4 is 14.8 Å². The van der Waals surface area contributed by atoms with Gasteiger partial charge in [-0.2, -0.15) is 0 Å². The minimum atomic E-state index is -0.264. The summed E-state index contributed by atoms with van der Waals surface area (Å²) in [6.07, 6.45) is 4.56. The Morgan fingerprint density at radius 3 is 2.92 bits per heavy atom. The molecule has 6 nitrogen and oxygen atoms in total. The predicted octanol–water partition coefficient (Wildman–Crippen LogP) is 3.83. The van der Waals surface area contributed by atoms with Crippen LogP contribution in [0.15, 0.2) is 52.5 Å². The Morgan fingerprint density at radius 1 is 1.20 bits per heavy atom. The Hall–Kier alpha value is -3.06. The second kappa shape index (κ2) is 6.82. The van der Waals surface area contributed by atoms with Crippen molar-refractivity contribution in [1.82, 2.24) is 4.98 Å². The number of aromatic nitrogens is 1. The first-order chi connectivity index (χ1) is 12.3. The molecule has 7 heteroatoms. The smallest absolute Gasteiger partial charge is 0.250 e. The Kier molecular flexibility index (Phi) is 4.22. The van der Waals surface area contributed by atoms with Gasteiger partial charge in [-0.15, -0.1) is 11.3 Å². The second-order valence-corrected chi connectivity index (χ2v) is 6.09. The quantitative estimate of drug-likeness (QED) is 0.721. The van der Waals surface area contributed by atoms with Crippen molar-refractivity contribution < 1.29 is 18.7 Å². The molecule has 0 radical (unpaired) electrons. The van der Waals surface area contributed by atoms with Gasteiger partial charge in [0.25, 0.3) is 0 Å².